The number of aromatic hydroxyl groups is 1. The third kappa shape index (κ3) is 7.37. The molecule has 37 heavy (non-hydrogen) atoms. The molecule has 0 atom stereocenters. The van der Waals surface area contributed by atoms with Crippen molar-refractivity contribution in [1.29, 1.82) is 5.41 Å². The lowest BCUT2D eigenvalue weighted by Crippen LogP contribution is -2.25. The summed E-state index contributed by atoms with van der Waals surface area (Å²) < 4.78 is 66.4. The van der Waals surface area contributed by atoms with Gasteiger partial charge in [0.2, 0.25) is 5.91 Å². The molecule has 0 saturated carbocycles. The Kier molecular flexibility index (Phi) is 9.17. The monoisotopic (exact) mass is 556 g/mol. The molecule has 0 aliphatic heterocycles. The smallest absolute Gasteiger partial charge is 0.416 e. The number of hydrogen-bond acceptors (Lipinski definition) is 5. The summed E-state index contributed by atoms with van der Waals surface area (Å²) in [5, 5.41) is 20.7. The number of carbonyl (C=O) groups excluding carboxylic acids is 1. The summed E-state index contributed by atoms with van der Waals surface area (Å²) in [7, 11) is -4.47. The maximum atomic E-state index is 13.0. The van der Waals surface area contributed by atoms with Crippen molar-refractivity contribution in [3.63, 3.8) is 0 Å². The van der Waals surface area contributed by atoms with E-state index in [2.05, 4.69) is 10.0 Å². The molecule has 8 nitrogen and oxygen atoms in total. The van der Waals surface area contributed by atoms with Gasteiger partial charge in [0.15, 0.2) is 0 Å². The van der Waals surface area contributed by atoms with Crippen molar-refractivity contribution >= 4 is 39.9 Å². The third-order valence-electron chi connectivity index (χ3n) is 5.32. The minimum atomic E-state index is -4.73. The van der Waals surface area contributed by atoms with Gasteiger partial charge in [0.1, 0.15) is 11.6 Å². The number of nitrogens with one attached hydrogen (secondary N) is 3. The number of benzene rings is 3. The number of nitrogens with two attached hydrogens (primary N) is 1. The van der Waals surface area contributed by atoms with Crippen LogP contribution in [0.3, 0.4) is 0 Å². The molecule has 0 spiro atoms. The number of rotatable bonds is 8. The number of anilines is 1. The molecular formula is C24H24ClF3N4O4S. The van der Waals surface area contributed by atoms with Crippen LogP contribution in [0.2, 0.25) is 0 Å². The third-order valence-corrected chi connectivity index (χ3v) is 6.69. The zero-order chi connectivity index (χ0) is 26.7. The molecule has 0 aromatic heterocycles. The molecule has 198 valence electrons. The van der Waals surface area contributed by atoms with Crippen LogP contribution in [0, 0.1) is 12.3 Å². The van der Waals surface area contributed by atoms with Crippen molar-refractivity contribution < 1.29 is 31.5 Å². The fourth-order valence-corrected chi connectivity index (χ4v) is 4.42. The van der Waals surface area contributed by atoms with E-state index in [0.29, 0.717) is 17.2 Å². The van der Waals surface area contributed by atoms with Crippen LogP contribution in [0.25, 0.3) is 0 Å². The Morgan fingerprint density at radius 3 is 2.32 bits per heavy atom. The second-order valence-corrected chi connectivity index (χ2v) is 9.63. The predicted octanol–water partition coefficient (Wildman–Crippen LogP) is 4.08. The van der Waals surface area contributed by atoms with Gasteiger partial charge in [-0.05, 0) is 42.3 Å². The molecule has 0 fully saturated rings. The molecule has 0 unspecified atom stereocenters. The summed E-state index contributed by atoms with van der Waals surface area (Å²) >= 11 is 0. The standard InChI is InChI=1S/C24H23F3N4O4S.ClH/c1-14-5-10-20(31-36(34,35)18-4-2-3-17(11-18)24(25,26)27)22(33)19(14)12-21(32)30-13-15-6-8-16(9-7-15)23(28)29;/h2-11,31,33H,12-13H2,1H3,(H3,28,29)(H,30,32);1H. The molecule has 0 bridgehead atoms. The Labute approximate surface area is 217 Å². The van der Waals surface area contributed by atoms with Crippen LogP contribution in [0.1, 0.15) is 27.8 Å². The van der Waals surface area contributed by atoms with Gasteiger partial charge in [0.25, 0.3) is 10.0 Å². The van der Waals surface area contributed by atoms with Gasteiger partial charge >= 0.3 is 6.18 Å². The number of amidine groups is 1. The molecule has 1 amide bonds. The van der Waals surface area contributed by atoms with Crippen molar-refractivity contribution in [2.75, 3.05) is 4.72 Å². The molecule has 3 aromatic rings. The Hall–Kier alpha value is -3.77. The van der Waals surface area contributed by atoms with Crippen LogP contribution in [0.15, 0.2) is 65.6 Å². The lowest BCUT2D eigenvalue weighted by Gasteiger charge is -2.15. The van der Waals surface area contributed by atoms with E-state index in [-0.39, 0.29) is 42.5 Å². The Balaban J connectivity index is 0.00000481. The zero-order valence-electron chi connectivity index (χ0n) is 19.4. The van der Waals surface area contributed by atoms with E-state index in [1.165, 1.54) is 12.1 Å². The molecule has 13 heteroatoms. The minimum Gasteiger partial charge on any atom is -0.505 e. The predicted molar refractivity (Wildman–Crippen MR) is 135 cm³/mol. The second kappa shape index (κ2) is 11.5. The normalized spacial score (nSPS) is 11.4. The van der Waals surface area contributed by atoms with E-state index in [0.717, 1.165) is 23.8 Å². The maximum Gasteiger partial charge on any atom is 0.416 e. The van der Waals surface area contributed by atoms with Crippen LogP contribution in [-0.2, 0) is 34.0 Å². The summed E-state index contributed by atoms with van der Waals surface area (Å²) in [5.41, 5.74) is 5.95. The topological polar surface area (TPSA) is 145 Å². The first-order chi connectivity index (χ1) is 16.8. The highest BCUT2D eigenvalue weighted by atomic mass is 35.5. The maximum absolute atomic E-state index is 13.0. The molecule has 6 N–H and O–H groups in total. The number of sulfonamides is 1. The first kappa shape index (κ1) is 29.5. The molecule has 0 heterocycles. The van der Waals surface area contributed by atoms with Gasteiger partial charge in [-0.1, -0.05) is 36.4 Å². The molecule has 0 saturated heterocycles. The molecule has 3 aromatic carbocycles. The van der Waals surface area contributed by atoms with Crippen molar-refractivity contribution in [3.05, 3.63) is 88.5 Å². The summed E-state index contributed by atoms with van der Waals surface area (Å²) in [6, 6.07) is 12.6. The number of phenolic OH excluding ortho intramolecular Hbond substituents is 1. The fraction of sp³-hybridized carbons (Fsp3) is 0.167. The van der Waals surface area contributed by atoms with Crippen LogP contribution in [0.4, 0.5) is 18.9 Å². The van der Waals surface area contributed by atoms with Crippen LogP contribution in [0.5, 0.6) is 5.75 Å². The molecule has 3 rings (SSSR count). The molecule has 0 aliphatic rings. The van der Waals surface area contributed by atoms with E-state index >= 15 is 0 Å². The number of aryl methyl sites for hydroxylation is 1. The van der Waals surface area contributed by atoms with E-state index in [1.807, 2.05) is 0 Å². The van der Waals surface area contributed by atoms with Gasteiger partial charge in [0.05, 0.1) is 22.6 Å². The largest absolute Gasteiger partial charge is 0.505 e. The van der Waals surface area contributed by atoms with Gasteiger partial charge < -0.3 is 16.2 Å². The van der Waals surface area contributed by atoms with Crippen LogP contribution >= 0.6 is 12.4 Å². The lowest BCUT2D eigenvalue weighted by atomic mass is 10.0. The van der Waals surface area contributed by atoms with E-state index in [4.69, 9.17) is 11.1 Å². The van der Waals surface area contributed by atoms with Crippen molar-refractivity contribution in [3.8, 4) is 5.75 Å². The zero-order valence-corrected chi connectivity index (χ0v) is 21.0. The minimum absolute atomic E-state index is 0. The number of amides is 1. The Morgan fingerprint density at radius 2 is 1.73 bits per heavy atom. The fourth-order valence-electron chi connectivity index (χ4n) is 3.31. The van der Waals surface area contributed by atoms with Crippen molar-refractivity contribution in [1.82, 2.24) is 5.32 Å². The van der Waals surface area contributed by atoms with Crippen LogP contribution < -0.4 is 15.8 Å². The first-order valence-corrected chi connectivity index (χ1v) is 12.0. The van der Waals surface area contributed by atoms with Gasteiger partial charge in [-0.25, -0.2) is 8.42 Å². The highest BCUT2D eigenvalue weighted by molar-refractivity contribution is 7.92. The Morgan fingerprint density at radius 1 is 1.08 bits per heavy atom. The van der Waals surface area contributed by atoms with E-state index in [1.54, 1.807) is 31.2 Å². The highest BCUT2D eigenvalue weighted by Crippen LogP contribution is 2.34. The summed E-state index contributed by atoms with van der Waals surface area (Å²) in [6.45, 7) is 1.78. The number of alkyl halides is 3. The van der Waals surface area contributed by atoms with Gasteiger partial charge in [-0.3, -0.25) is 14.9 Å². The summed E-state index contributed by atoms with van der Waals surface area (Å²) in [5.74, 6) is -1.05. The summed E-state index contributed by atoms with van der Waals surface area (Å²) in [6.07, 6.45) is -5.00. The SMILES string of the molecule is Cc1ccc(NS(=O)(=O)c2cccc(C(F)(F)F)c2)c(O)c1CC(=O)NCc1ccc(C(=N)N)cc1.Cl. The van der Waals surface area contributed by atoms with Gasteiger partial charge in [-0.2, -0.15) is 13.2 Å². The number of hydrogen-bond donors (Lipinski definition) is 5. The van der Waals surface area contributed by atoms with Crippen LogP contribution in [-0.4, -0.2) is 25.3 Å². The quantitative estimate of drug-likeness (QED) is 0.161. The Bertz CT molecular complexity index is 1410. The highest BCUT2D eigenvalue weighted by Gasteiger charge is 2.32. The molecule has 0 aliphatic carbocycles. The molecular weight excluding hydrogens is 533 g/mol. The number of halogens is 4. The number of phenols is 1. The lowest BCUT2D eigenvalue weighted by molar-refractivity contribution is -0.137. The average Bonchev–Trinajstić information content (AvgIpc) is 2.82. The van der Waals surface area contributed by atoms with Crippen molar-refractivity contribution in [2.24, 2.45) is 5.73 Å². The molecule has 0 radical (unpaired) electrons. The van der Waals surface area contributed by atoms with E-state index in [9.17, 15) is 31.5 Å². The first-order valence-electron chi connectivity index (χ1n) is 10.5. The van der Waals surface area contributed by atoms with Gasteiger partial charge in [0, 0.05) is 17.7 Å². The van der Waals surface area contributed by atoms with E-state index < -0.39 is 38.3 Å². The van der Waals surface area contributed by atoms with Gasteiger partial charge in [-0.15, -0.1) is 12.4 Å². The second-order valence-electron chi connectivity index (χ2n) is 7.95. The average molecular weight is 557 g/mol. The number of nitrogen functional groups attached to an aromatic ring is 1. The van der Waals surface area contributed by atoms with Crippen molar-refractivity contribution in [2.45, 2.75) is 31.0 Å². The summed E-state index contributed by atoms with van der Waals surface area (Å²) in [4.78, 5) is 11.9. The number of carbonyl (C=O) groups is 1.